The zero-order valence-corrected chi connectivity index (χ0v) is 12.9. The normalized spacial score (nSPS) is 10.5. The van der Waals surface area contributed by atoms with Gasteiger partial charge in [0.1, 0.15) is 17.0 Å². The topological polar surface area (TPSA) is 56.3 Å². The maximum absolute atomic E-state index is 6.16. The van der Waals surface area contributed by atoms with Gasteiger partial charge in [-0.05, 0) is 18.2 Å². The minimum absolute atomic E-state index is 0.565. The van der Waals surface area contributed by atoms with E-state index in [0.717, 1.165) is 22.5 Å². The number of ether oxygens (including phenoxy) is 2. The number of halogens is 1. The van der Waals surface area contributed by atoms with Gasteiger partial charge in [0.25, 0.3) is 0 Å². The standard InChI is InChI=1S/C16H14ClN3O2/c1-21-10-6-7-13(15(8-10)22-2)19-14-9-18-20-16-11(14)4-3-5-12(16)17/h3-9H,1-2H3,(H,19,20). The second-order valence-electron chi connectivity index (χ2n) is 4.59. The number of methoxy groups -OCH3 is 2. The molecule has 5 nitrogen and oxygen atoms in total. The van der Waals surface area contributed by atoms with Crippen molar-refractivity contribution in [1.29, 1.82) is 0 Å². The Morgan fingerprint density at radius 3 is 2.68 bits per heavy atom. The van der Waals surface area contributed by atoms with E-state index in [1.54, 1.807) is 26.5 Å². The van der Waals surface area contributed by atoms with Gasteiger partial charge in [0.2, 0.25) is 0 Å². The number of hydrogen-bond donors (Lipinski definition) is 1. The van der Waals surface area contributed by atoms with E-state index in [-0.39, 0.29) is 0 Å². The van der Waals surface area contributed by atoms with Crippen LogP contribution in [0, 0.1) is 0 Å². The fourth-order valence-corrected chi connectivity index (χ4v) is 2.41. The van der Waals surface area contributed by atoms with Crippen molar-refractivity contribution in [3.05, 3.63) is 47.6 Å². The number of nitrogens with one attached hydrogen (secondary N) is 1. The van der Waals surface area contributed by atoms with Crippen molar-refractivity contribution in [2.24, 2.45) is 0 Å². The minimum Gasteiger partial charge on any atom is -0.497 e. The SMILES string of the molecule is COc1ccc(Nc2cnnc3c(Cl)cccc23)c(OC)c1. The van der Waals surface area contributed by atoms with Crippen molar-refractivity contribution in [3.8, 4) is 11.5 Å². The molecule has 3 aromatic rings. The third-order valence-electron chi connectivity index (χ3n) is 3.30. The molecule has 6 heteroatoms. The van der Waals surface area contributed by atoms with Gasteiger partial charge in [-0.25, -0.2) is 0 Å². The number of fused-ring (bicyclic) bond motifs is 1. The van der Waals surface area contributed by atoms with Crippen LogP contribution >= 0.6 is 11.6 Å². The Morgan fingerprint density at radius 1 is 1.05 bits per heavy atom. The van der Waals surface area contributed by atoms with Gasteiger partial charge in [0.05, 0.1) is 36.8 Å². The number of anilines is 2. The van der Waals surface area contributed by atoms with Gasteiger partial charge >= 0.3 is 0 Å². The first-order chi connectivity index (χ1) is 10.7. The molecular weight excluding hydrogens is 302 g/mol. The quantitative estimate of drug-likeness (QED) is 0.787. The lowest BCUT2D eigenvalue weighted by Gasteiger charge is -2.13. The lowest BCUT2D eigenvalue weighted by atomic mass is 10.2. The van der Waals surface area contributed by atoms with Crippen LogP contribution in [0.4, 0.5) is 11.4 Å². The van der Waals surface area contributed by atoms with Crippen LogP contribution in [-0.4, -0.2) is 24.4 Å². The first kappa shape index (κ1) is 14.4. The monoisotopic (exact) mass is 315 g/mol. The molecule has 0 fully saturated rings. The van der Waals surface area contributed by atoms with E-state index in [0.29, 0.717) is 16.3 Å². The Balaban J connectivity index is 2.05. The fraction of sp³-hybridized carbons (Fsp3) is 0.125. The van der Waals surface area contributed by atoms with Crippen molar-refractivity contribution < 1.29 is 9.47 Å². The van der Waals surface area contributed by atoms with Crippen molar-refractivity contribution in [2.75, 3.05) is 19.5 Å². The van der Waals surface area contributed by atoms with Gasteiger partial charge in [0.15, 0.2) is 0 Å². The highest BCUT2D eigenvalue weighted by Gasteiger charge is 2.09. The summed E-state index contributed by atoms with van der Waals surface area (Å²) in [7, 11) is 3.23. The first-order valence-electron chi connectivity index (χ1n) is 6.62. The number of benzene rings is 2. The van der Waals surface area contributed by atoms with Crippen LogP contribution < -0.4 is 14.8 Å². The molecule has 0 radical (unpaired) electrons. The lowest BCUT2D eigenvalue weighted by molar-refractivity contribution is 0.395. The highest BCUT2D eigenvalue weighted by Crippen LogP contribution is 2.34. The average Bonchev–Trinajstić information content (AvgIpc) is 2.56. The maximum atomic E-state index is 6.16. The molecule has 0 aliphatic rings. The Hall–Kier alpha value is -2.53. The molecule has 1 heterocycles. The molecule has 3 rings (SSSR count). The molecule has 0 amide bonds. The number of hydrogen-bond acceptors (Lipinski definition) is 5. The predicted molar refractivity (Wildman–Crippen MR) is 87.4 cm³/mol. The smallest absolute Gasteiger partial charge is 0.145 e. The van der Waals surface area contributed by atoms with Crippen LogP contribution in [0.15, 0.2) is 42.6 Å². The molecule has 112 valence electrons. The summed E-state index contributed by atoms with van der Waals surface area (Å²) in [6.07, 6.45) is 1.66. The Kier molecular flexibility index (Phi) is 3.98. The minimum atomic E-state index is 0.565. The van der Waals surface area contributed by atoms with E-state index in [2.05, 4.69) is 15.5 Å². The van der Waals surface area contributed by atoms with Crippen LogP contribution in [0.2, 0.25) is 5.02 Å². The third-order valence-corrected chi connectivity index (χ3v) is 3.60. The van der Waals surface area contributed by atoms with Crippen LogP contribution in [0.5, 0.6) is 11.5 Å². The Labute approximate surface area is 132 Å². The van der Waals surface area contributed by atoms with E-state index in [9.17, 15) is 0 Å². The van der Waals surface area contributed by atoms with Gasteiger partial charge in [0, 0.05) is 11.5 Å². The molecule has 0 aliphatic heterocycles. The largest absolute Gasteiger partial charge is 0.497 e. The molecule has 1 N–H and O–H groups in total. The van der Waals surface area contributed by atoms with E-state index < -0.39 is 0 Å². The highest BCUT2D eigenvalue weighted by atomic mass is 35.5. The van der Waals surface area contributed by atoms with Crippen LogP contribution in [0.3, 0.4) is 0 Å². The number of rotatable bonds is 4. The Bertz CT molecular complexity index is 824. The summed E-state index contributed by atoms with van der Waals surface area (Å²) < 4.78 is 10.6. The van der Waals surface area contributed by atoms with E-state index in [4.69, 9.17) is 21.1 Å². The second kappa shape index (κ2) is 6.07. The molecule has 0 unspecified atom stereocenters. The molecule has 0 bridgehead atoms. The molecular formula is C16H14ClN3O2. The summed E-state index contributed by atoms with van der Waals surface area (Å²) >= 11 is 6.16. The van der Waals surface area contributed by atoms with E-state index >= 15 is 0 Å². The van der Waals surface area contributed by atoms with Crippen molar-refractivity contribution in [3.63, 3.8) is 0 Å². The molecule has 2 aromatic carbocycles. The van der Waals surface area contributed by atoms with Gasteiger partial charge in [-0.3, -0.25) is 0 Å². The van der Waals surface area contributed by atoms with Crippen LogP contribution in [-0.2, 0) is 0 Å². The molecule has 0 saturated heterocycles. The molecule has 22 heavy (non-hydrogen) atoms. The van der Waals surface area contributed by atoms with E-state index in [1.807, 2.05) is 30.3 Å². The van der Waals surface area contributed by atoms with E-state index in [1.165, 1.54) is 0 Å². The molecule has 0 aliphatic carbocycles. The average molecular weight is 316 g/mol. The molecule has 0 saturated carbocycles. The highest BCUT2D eigenvalue weighted by molar-refractivity contribution is 6.35. The number of aromatic nitrogens is 2. The van der Waals surface area contributed by atoms with Crippen LogP contribution in [0.25, 0.3) is 10.9 Å². The molecule has 0 atom stereocenters. The summed E-state index contributed by atoms with van der Waals surface area (Å²) in [5.41, 5.74) is 2.26. The van der Waals surface area contributed by atoms with Crippen molar-refractivity contribution in [2.45, 2.75) is 0 Å². The Morgan fingerprint density at radius 2 is 1.91 bits per heavy atom. The van der Waals surface area contributed by atoms with Crippen molar-refractivity contribution >= 4 is 33.9 Å². The van der Waals surface area contributed by atoms with Gasteiger partial charge in [-0.1, -0.05) is 23.7 Å². The molecule has 1 aromatic heterocycles. The summed E-state index contributed by atoms with van der Waals surface area (Å²) in [5, 5.41) is 12.8. The third kappa shape index (κ3) is 2.63. The maximum Gasteiger partial charge on any atom is 0.145 e. The summed E-state index contributed by atoms with van der Waals surface area (Å²) in [6.45, 7) is 0. The zero-order valence-electron chi connectivity index (χ0n) is 12.1. The summed E-state index contributed by atoms with van der Waals surface area (Å²) in [6, 6.07) is 11.2. The lowest BCUT2D eigenvalue weighted by Crippen LogP contribution is -1.98. The first-order valence-corrected chi connectivity index (χ1v) is 6.99. The molecule has 0 spiro atoms. The summed E-state index contributed by atoms with van der Waals surface area (Å²) in [5.74, 6) is 1.40. The number of nitrogens with zero attached hydrogens (tertiary/aromatic N) is 2. The zero-order chi connectivity index (χ0) is 15.5. The van der Waals surface area contributed by atoms with Crippen LogP contribution in [0.1, 0.15) is 0 Å². The van der Waals surface area contributed by atoms with Crippen molar-refractivity contribution in [1.82, 2.24) is 10.2 Å². The van der Waals surface area contributed by atoms with Gasteiger partial charge < -0.3 is 14.8 Å². The van der Waals surface area contributed by atoms with Gasteiger partial charge in [-0.15, -0.1) is 5.10 Å². The second-order valence-corrected chi connectivity index (χ2v) is 4.99. The predicted octanol–water partition coefficient (Wildman–Crippen LogP) is 4.04. The van der Waals surface area contributed by atoms with Gasteiger partial charge in [-0.2, -0.15) is 5.10 Å². The summed E-state index contributed by atoms with van der Waals surface area (Å²) in [4.78, 5) is 0. The fourth-order valence-electron chi connectivity index (χ4n) is 2.19.